The molecule has 2 aliphatic heterocycles. The molecule has 0 amide bonds. The number of benzene rings is 3. The first-order valence-electron chi connectivity index (χ1n) is 10.7. The molecule has 3 aromatic carbocycles. The maximum absolute atomic E-state index is 10.5. The van der Waals surface area contributed by atoms with Crippen molar-refractivity contribution in [2.45, 2.75) is 25.6 Å². The van der Waals surface area contributed by atoms with E-state index >= 15 is 0 Å². The molecule has 170 valence electrons. The van der Waals surface area contributed by atoms with E-state index in [1.807, 2.05) is 54.4 Å². The lowest BCUT2D eigenvalue weighted by Crippen LogP contribution is -2.33. The summed E-state index contributed by atoms with van der Waals surface area (Å²) >= 11 is 0. The summed E-state index contributed by atoms with van der Waals surface area (Å²) in [6.07, 6.45) is 0.140. The van der Waals surface area contributed by atoms with Crippen molar-refractivity contribution in [2.75, 3.05) is 21.3 Å². The summed E-state index contributed by atoms with van der Waals surface area (Å²) in [6.45, 7) is 2.00. The van der Waals surface area contributed by atoms with Crippen molar-refractivity contribution in [3.8, 4) is 28.7 Å². The van der Waals surface area contributed by atoms with E-state index in [1.165, 1.54) is 0 Å². The Morgan fingerprint density at radius 1 is 0.970 bits per heavy atom. The van der Waals surface area contributed by atoms with Crippen molar-refractivity contribution in [3.63, 3.8) is 0 Å². The van der Waals surface area contributed by atoms with Crippen LogP contribution in [0, 0.1) is 6.92 Å². The van der Waals surface area contributed by atoms with Crippen LogP contribution in [0.3, 0.4) is 0 Å². The number of hydrogen-bond acceptors (Lipinski definition) is 7. The minimum Gasteiger partial charge on any atom is -0.507 e. The summed E-state index contributed by atoms with van der Waals surface area (Å²) in [5, 5.41) is 17.4. The molecular formula is C26H26N2O5. The van der Waals surface area contributed by atoms with Gasteiger partial charge in [-0.25, -0.2) is 5.01 Å². The second-order valence-electron chi connectivity index (χ2n) is 8.13. The third-order valence-electron chi connectivity index (χ3n) is 6.13. The smallest absolute Gasteiger partial charge is 0.214 e. The van der Waals surface area contributed by atoms with Gasteiger partial charge >= 0.3 is 0 Å². The number of ether oxygens (including phenoxy) is 4. The van der Waals surface area contributed by atoms with Gasteiger partial charge in [0.1, 0.15) is 11.5 Å². The third kappa shape index (κ3) is 3.50. The van der Waals surface area contributed by atoms with E-state index in [1.54, 1.807) is 27.4 Å². The van der Waals surface area contributed by atoms with Crippen LogP contribution in [0.25, 0.3) is 0 Å². The molecule has 0 unspecified atom stereocenters. The van der Waals surface area contributed by atoms with Crippen molar-refractivity contribution in [2.24, 2.45) is 5.10 Å². The Bertz CT molecular complexity index is 1210. The molecule has 0 fully saturated rings. The number of phenols is 1. The fourth-order valence-electron chi connectivity index (χ4n) is 4.54. The third-order valence-corrected chi connectivity index (χ3v) is 6.13. The number of nitrogens with zero attached hydrogens (tertiary/aromatic N) is 2. The van der Waals surface area contributed by atoms with Crippen molar-refractivity contribution in [3.05, 3.63) is 76.9 Å². The van der Waals surface area contributed by atoms with Gasteiger partial charge in [0.15, 0.2) is 11.5 Å². The minimum atomic E-state index is -0.511. The second-order valence-corrected chi connectivity index (χ2v) is 8.13. The molecule has 7 nitrogen and oxygen atoms in total. The SMILES string of the molecule is COc1cc([C@@H]2Oc3ccccc3[C@H]3CC(c4cc(C)ccc4O)=NN32)cc(OC)c1OC. The number of aryl methyl sites for hydroxylation is 1. The molecule has 0 saturated heterocycles. The molecule has 0 aliphatic carbocycles. The molecule has 0 radical (unpaired) electrons. The lowest BCUT2D eigenvalue weighted by Gasteiger charge is -2.38. The van der Waals surface area contributed by atoms with Crippen LogP contribution < -0.4 is 18.9 Å². The molecule has 33 heavy (non-hydrogen) atoms. The van der Waals surface area contributed by atoms with Gasteiger partial charge in [-0.05, 0) is 37.3 Å². The summed E-state index contributed by atoms with van der Waals surface area (Å²) in [6, 6.07) is 17.3. The topological polar surface area (TPSA) is 72.8 Å². The van der Waals surface area contributed by atoms with Crippen LogP contribution in [-0.2, 0) is 0 Å². The van der Waals surface area contributed by atoms with E-state index in [2.05, 4.69) is 6.07 Å². The van der Waals surface area contributed by atoms with Gasteiger partial charge in [-0.3, -0.25) is 0 Å². The zero-order valence-electron chi connectivity index (χ0n) is 19.0. The monoisotopic (exact) mass is 446 g/mol. The number of para-hydroxylation sites is 1. The van der Waals surface area contributed by atoms with Crippen LogP contribution in [0.15, 0.2) is 59.7 Å². The van der Waals surface area contributed by atoms with Gasteiger partial charge < -0.3 is 24.1 Å². The quantitative estimate of drug-likeness (QED) is 0.597. The van der Waals surface area contributed by atoms with Crippen molar-refractivity contribution < 1.29 is 24.1 Å². The highest BCUT2D eigenvalue weighted by Crippen LogP contribution is 2.50. The number of fused-ring (bicyclic) bond motifs is 3. The van der Waals surface area contributed by atoms with E-state index in [0.29, 0.717) is 23.7 Å². The molecule has 2 atom stereocenters. The molecule has 5 rings (SSSR count). The Morgan fingerprint density at radius 3 is 2.39 bits per heavy atom. The highest BCUT2D eigenvalue weighted by Gasteiger charge is 2.41. The van der Waals surface area contributed by atoms with E-state index < -0.39 is 6.23 Å². The van der Waals surface area contributed by atoms with Gasteiger partial charge in [-0.1, -0.05) is 29.8 Å². The Kier molecular flexibility index (Phi) is 5.24. The lowest BCUT2D eigenvalue weighted by atomic mass is 9.95. The van der Waals surface area contributed by atoms with E-state index in [0.717, 1.165) is 33.7 Å². The summed E-state index contributed by atoms with van der Waals surface area (Å²) in [7, 11) is 4.76. The first kappa shape index (κ1) is 21.0. The van der Waals surface area contributed by atoms with Crippen LogP contribution in [0.4, 0.5) is 0 Å². The van der Waals surface area contributed by atoms with Crippen LogP contribution in [0.5, 0.6) is 28.7 Å². The Hall–Kier alpha value is -3.87. The van der Waals surface area contributed by atoms with Gasteiger partial charge in [0.25, 0.3) is 0 Å². The molecular weight excluding hydrogens is 420 g/mol. The van der Waals surface area contributed by atoms with Crippen molar-refractivity contribution in [1.29, 1.82) is 0 Å². The number of rotatable bonds is 5. The second kappa shape index (κ2) is 8.24. The van der Waals surface area contributed by atoms with Crippen molar-refractivity contribution >= 4 is 5.71 Å². The summed E-state index contributed by atoms with van der Waals surface area (Å²) < 4.78 is 23.1. The molecule has 2 heterocycles. The summed E-state index contributed by atoms with van der Waals surface area (Å²) in [5.41, 5.74) is 4.51. The zero-order valence-corrected chi connectivity index (χ0v) is 19.0. The van der Waals surface area contributed by atoms with Gasteiger partial charge in [0.2, 0.25) is 12.0 Å². The highest BCUT2D eigenvalue weighted by atomic mass is 16.5. The fourth-order valence-corrected chi connectivity index (χ4v) is 4.54. The van der Waals surface area contributed by atoms with E-state index in [9.17, 15) is 5.11 Å². The number of hydrogen-bond donors (Lipinski definition) is 1. The highest BCUT2D eigenvalue weighted by molar-refractivity contribution is 6.04. The number of phenolic OH excluding ortho intramolecular Hbond substituents is 1. The number of aromatic hydroxyl groups is 1. The maximum atomic E-state index is 10.5. The van der Waals surface area contributed by atoms with Crippen LogP contribution in [0.2, 0.25) is 0 Å². The van der Waals surface area contributed by atoms with Gasteiger partial charge in [0, 0.05) is 23.1 Å². The summed E-state index contributed by atoms with van der Waals surface area (Å²) in [5.74, 6) is 2.64. The van der Waals surface area contributed by atoms with E-state index in [-0.39, 0.29) is 11.8 Å². The lowest BCUT2D eigenvalue weighted by molar-refractivity contribution is -0.0192. The Balaban J connectivity index is 1.64. The van der Waals surface area contributed by atoms with Gasteiger partial charge in [-0.2, -0.15) is 5.10 Å². The average Bonchev–Trinajstić information content (AvgIpc) is 3.29. The summed E-state index contributed by atoms with van der Waals surface area (Å²) in [4.78, 5) is 0. The predicted octanol–water partition coefficient (Wildman–Crippen LogP) is 4.97. The Labute approximate surface area is 192 Å². The predicted molar refractivity (Wildman–Crippen MR) is 124 cm³/mol. The largest absolute Gasteiger partial charge is 0.507 e. The van der Waals surface area contributed by atoms with Gasteiger partial charge in [-0.15, -0.1) is 0 Å². The Morgan fingerprint density at radius 2 is 1.70 bits per heavy atom. The molecule has 7 heteroatoms. The van der Waals surface area contributed by atoms with Crippen LogP contribution >= 0.6 is 0 Å². The van der Waals surface area contributed by atoms with Crippen LogP contribution in [-0.4, -0.2) is 37.2 Å². The average molecular weight is 447 g/mol. The fraction of sp³-hybridized carbons (Fsp3) is 0.269. The molecule has 3 aromatic rings. The molecule has 0 bridgehead atoms. The maximum Gasteiger partial charge on any atom is 0.214 e. The first-order chi connectivity index (χ1) is 16.0. The molecule has 0 aromatic heterocycles. The number of hydrazone groups is 1. The molecule has 0 saturated carbocycles. The molecule has 2 aliphatic rings. The first-order valence-corrected chi connectivity index (χ1v) is 10.7. The standard InChI is InChI=1S/C26H26N2O5/c1-15-9-10-21(29)18(11-15)19-14-20-17-7-5-6-8-22(17)33-26(28(20)27-19)16-12-23(30-2)25(32-4)24(13-16)31-3/h5-13,20,26,29H,14H2,1-4H3/t20-,26+/m1/s1. The van der Waals surface area contributed by atoms with Crippen molar-refractivity contribution in [1.82, 2.24) is 5.01 Å². The van der Waals surface area contributed by atoms with E-state index in [4.69, 9.17) is 24.0 Å². The zero-order chi connectivity index (χ0) is 23.1. The number of methoxy groups -OCH3 is 3. The van der Waals surface area contributed by atoms with Gasteiger partial charge in [0.05, 0.1) is 33.1 Å². The normalized spacial score (nSPS) is 18.7. The molecule has 0 spiro atoms. The minimum absolute atomic E-state index is 0.0334. The molecule has 1 N–H and O–H groups in total. The van der Waals surface area contributed by atoms with Crippen LogP contribution in [0.1, 0.15) is 40.9 Å².